The van der Waals surface area contributed by atoms with Crippen LogP contribution in [-0.4, -0.2) is 10.9 Å². The molecule has 4 aromatic rings. The lowest BCUT2D eigenvalue weighted by molar-refractivity contribution is -0.137. The van der Waals surface area contributed by atoms with Gasteiger partial charge in [-0.1, -0.05) is 66.7 Å². The Kier molecular flexibility index (Phi) is 6.50. The maximum atomic E-state index is 13.7. The number of aryl methyl sites for hydroxylation is 1. The molecule has 1 unspecified atom stereocenters. The first-order chi connectivity index (χ1) is 16.3. The number of carbonyl (C=O) groups is 1. The largest absolute Gasteiger partial charge is 0.416 e. The van der Waals surface area contributed by atoms with Crippen molar-refractivity contribution in [2.75, 3.05) is 0 Å². The molecular weight excluding hydrogens is 437 g/mol. The summed E-state index contributed by atoms with van der Waals surface area (Å²) in [5, 5.41) is 3.08. The highest BCUT2D eigenvalue weighted by Gasteiger charge is 2.41. The van der Waals surface area contributed by atoms with Gasteiger partial charge in [-0.15, -0.1) is 0 Å². The van der Waals surface area contributed by atoms with Crippen molar-refractivity contribution in [3.05, 3.63) is 137 Å². The first-order valence-corrected chi connectivity index (χ1v) is 10.8. The SMILES string of the molecule is Cc1cccnc1C(Cc1ccccc1)(NC(=O)c1ccccc1)c1cccc(C(F)(F)F)c1. The predicted octanol–water partition coefficient (Wildman–Crippen LogP) is 6.33. The van der Waals surface area contributed by atoms with Crippen LogP contribution in [0.5, 0.6) is 0 Å². The molecule has 34 heavy (non-hydrogen) atoms. The number of hydrogen-bond acceptors (Lipinski definition) is 2. The maximum absolute atomic E-state index is 13.7. The van der Waals surface area contributed by atoms with Crippen molar-refractivity contribution in [3.63, 3.8) is 0 Å². The minimum Gasteiger partial charge on any atom is -0.337 e. The third-order valence-corrected chi connectivity index (χ3v) is 5.77. The first-order valence-electron chi connectivity index (χ1n) is 10.8. The van der Waals surface area contributed by atoms with Gasteiger partial charge in [-0.25, -0.2) is 0 Å². The topological polar surface area (TPSA) is 42.0 Å². The lowest BCUT2D eigenvalue weighted by Crippen LogP contribution is -2.49. The molecule has 0 aliphatic rings. The van der Waals surface area contributed by atoms with Gasteiger partial charge in [-0.2, -0.15) is 13.2 Å². The number of alkyl halides is 3. The number of nitrogens with one attached hydrogen (secondary N) is 1. The molecule has 4 rings (SSSR count). The van der Waals surface area contributed by atoms with Crippen LogP contribution in [0.15, 0.2) is 103 Å². The highest BCUT2D eigenvalue weighted by atomic mass is 19.4. The summed E-state index contributed by atoms with van der Waals surface area (Å²) in [6, 6.07) is 26.7. The summed E-state index contributed by atoms with van der Waals surface area (Å²) < 4.78 is 41.1. The maximum Gasteiger partial charge on any atom is 0.416 e. The summed E-state index contributed by atoms with van der Waals surface area (Å²) in [7, 11) is 0. The standard InChI is InChI=1S/C28H23F3N2O/c1-20-10-9-17-32-25(20)27(19-21-11-4-2-5-12-21,33-26(34)22-13-6-3-7-14-22)23-15-8-16-24(18-23)28(29,30)31/h2-18H,19H2,1H3,(H,33,34). The molecule has 1 aromatic heterocycles. The van der Waals surface area contributed by atoms with Crippen molar-refractivity contribution < 1.29 is 18.0 Å². The van der Waals surface area contributed by atoms with E-state index in [1.54, 1.807) is 48.7 Å². The van der Waals surface area contributed by atoms with Crippen LogP contribution >= 0.6 is 0 Å². The average molecular weight is 460 g/mol. The summed E-state index contributed by atoms with van der Waals surface area (Å²) in [5.41, 5.74) is 0.661. The Morgan fingerprint density at radius 2 is 1.47 bits per heavy atom. The molecule has 0 saturated heterocycles. The Labute approximate surface area is 196 Å². The number of amides is 1. The summed E-state index contributed by atoms with van der Waals surface area (Å²) >= 11 is 0. The van der Waals surface area contributed by atoms with Crippen LogP contribution in [0.3, 0.4) is 0 Å². The summed E-state index contributed by atoms with van der Waals surface area (Å²) in [4.78, 5) is 18.0. The van der Waals surface area contributed by atoms with Crippen LogP contribution in [0.25, 0.3) is 0 Å². The fraction of sp³-hybridized carbons (Fsp3) is 0.143. The van der Waals surface area contributed by atoms with Gasteiger partial charge in [-0.05, 0) is 53.9 Å². The van der Waals surface area contributed by atoms with Gasteiger partial charge in [0.1, 0.15) is 5.54 Å². The van der Waals surface area contributed by atoms with Crippen molar-refractivity contribution in [1.29, 1.82) is 0 Å². The van der Waals surface area contributed by atoms with Crippen molar-refractivity contribution in [2.24, 2.45) is 0 Å². The van der Waals surface area contributed by atoms with Crippen LogP contribution in [-0.2, 0) is 18.1 Å². The quantitative estimate of drug-likeness (QED) is 0.366. The Balaban J connectivity index is 1.97. The zero-order valence-electron chi connectivity index (χ0n) is 18.5. The van der Waals surface area contributed by atoms with Crippen LogP contribution in [0, 0.1) is 6.92 Å². The molecule has 0 radical (unpaired) electrons. The minimum atomic E-state index is -4.53. The molecule has 1 heterocycles. The zero-order chi connectivity index (χ0) is 24.2. The second-order valence-corrected chi connectivity index (χ2v) is 8.14. The predicted molar refractivity (Wildman–Crippen MR) is 125 cm³/mol. The van der Waals surface area contributed by atoms with Crippen molar-refractivity contribution in [3.8, 4) is 0 Å². The number of hydrogen-bond donors (Lipinski definition) is 1. The van der Waals surface area contributed by atoms with E-state index in [0.717, 1.165) is 23.3 Å². The average Bonchev–Trinajstić information content (AvgIpc) is 2.84. The molecule has 0 saturated carbocycles. The van der Waals surface area contributed by atoms with Gasteiger partial charge >= 0.3 is 6.18 Å². The van der Waals surface area contributed by atoms with Crippen LogP contribution in [0.1, 0.15) is 38.3 Å². The van der Waals surface area contributed by atoms with Crippen LogP contribution < -0.4 is 5.32 Å². The molecule has 0 bridgehead atoms. The monoisotopic (exact) mass is 460 g/mol. The Hall–Kier alpha value is -3.93. The molecular formula is C28H23F3N2O. The van der Waals surface area contributed by atoms with Crippen LogP contribution in [0.2, 0.25) is 0 Å². The number of pyridine rings is 1. The van der Waals surface area contributed by atoms with Crippen molar-refractivity contribution >= 4 is 5.91 Å². The fourth-order valence-electron chi connectivity index (χ4n) is 4.15. The van der Waals surface area contributed by atoms with E-state index in [2.05, 4.69) is 10.3 Å². The van der Waals surface area contributed by atoms with E-state index in [9.17, 15) is 18.0 Å². The molecule has 0 aliphatic heterocycles. The highest BCUT2D eigenvalue weighted by Crippen LogP contribution is 2.38. The molecule has 6 heteroatoms. The van der Waals surface area contributed by atoms with Gasteiger partial charge < -0.3 is 5.32 Å². The van der Waals surface area contributed by atoms with Crippen molar-refractivity contribution in [1.82, 2.24) is 10.3 Å². The lowest BCUT2D eigenvalue weighted by atomic mass is 9.78. The van der Waals surface area contributed by atoms with Crippen molar-refractivity contribution in [2.45, 2.75) is 25.1 Å². The number of benzene rings is 3. The Bertz CT molecular complexity index is 1270. The first kappa shape index (κ1) is 23.2. The van der Waals surface area contributed by atoms with Gasteiger partial charge in [0.2, 0.25) is 0 Å². The summed E-state index contributed by atoms with van der Waals surface area (Å²) in [6.45, 7) is 1.84. The van der Waals surface area contributed by atoms with Gasteiger partial charge in [0.25, 0.3) is 5.91 Å². The molecule has 3 aromatic carbocycles. The highest BCUT2D eigenvalue weighted by molar-refractivity contribution is 5.95. The molecule has 3 nitrogen and oxygen atoms in total. The molecule has 0 spiro atoms. The Morgan fingerprint density at radius 3 is 2.12 bits per heavy atom. The Morgan fingerprint density at radius 1 is 0.824 bits per heavy atom. The molecule has 0 aliphatic carbocycles. The molecule has 0 fully saturated rings. The third kappa shape index (κ3) is 4.86. The minimum absolute atomic E-state index is 0.214. The number of aromatic nitrogens is 1. The molecule has 172 valence electrons. The van der Waals surface area contributed by atoms with Gasteiger partial charge in [0.15, 0.2) is 0 Å². The number of rotatable bonds is 6. The second-order valence-electron chi connectivity index (χ2n) is 8.14. The van der Waals surface area contributed by atoms with E-state index < -0.39 is 23.2 Å². The van der Waals surface area contributed by atoms with E-state index in [1.807, 2.05) is 43.3 Å². The summed E-state index contributed by atoms with van der Waals surface area (Å²) in [5.74, 6) is -0.404. The third-order valence-electron chi connectivity index (χ3n) is 5.77. The number of carbonyl (C=O) groups excluding carboxylic acids is 1. The van der Waals surface area contributed by atoms with E-state index in [0.29, 0.717) is 16.8 Å². The van der Waals surface area contributed by atoms with Gasteiger partial charge in [0.05, 0.1) is 11.3 Å². The number of halogens is 3. The zero-order valence-corrected chi connectivity index (χ0v) is 18.5. The second kappa shape index (κ2) is 9.51. The lowest BCUT2D eigenvalue weighted by Gasteiger charge is -2.37. The van der Waals surface area contributed by atoms with Gasteiger partial charge in [-0.3, -0.25) is 9.78 Å². The van der Waals surface area contributed by atoms with E-state index in [-0.39, 0.29) is 6.42 Å². The fourth-order valence-corrected chi connectivity index (χ4v) is 4.15. The van der Waals surface area contributed by atoms with Gasteiger partial charge in [0, 0.05) is 18.2 Å². The van der Waals surface area contributed by atoms with Crippen LogP contribution in [0.4, 0.5) is 13.2 Å². The summed E-state index contributed by atoms with van der Waals surface area (Å²) in [6.07, 6.45) is -2.73. The van der Waals surface area contributed by atoms with E-state index >= 15 is 0 Å². The number of nitrogens with zero attached hydrogens (tertiary/aromatic N) is 1. The van der Waals surface area contributed by atoms with E-state index in [4.69, 9.17) is 0 Å². The molecule has 1 amide bonds. The molecule has 1 N–H and O–H groups in total. The molecule has 1 atom stereocenters. The smallest absolute Gasteiger partial charge is 0.337 e. The van der Waals surface area contributed by atoms with E-state index in [1.165, 1.54) is 6.07 Å². The normalized spacial score (nSPS) is 13.2.